The van der Waals surface area contributed by atoms with Gasteiger partial charge in [-0.25, -0.2) is 13.2 Å². The quantitative estimate of drug-likeness (QED) is 0.433. The first-order valence-electron chi connectivity index (χ1n) is 9.26. The maximum absolute atomic E-state index is 13.0. The third-order valence-corrected chi connectivity index (χ3v) is 6.11. The number of rotatable bonds is 9. The number of sulfonamides is 1. The van der Waals surface area contributed by atoms with Crippen molar-refractivity contribution in [3.05, 3.63) is 101 Å². The van der Waals surface area contributed by atoms with Crippen molar-refractivity contribution < 1.29 is 23.1 Å². The predicted octanol–water partition coefficient (Wildman–Crippen LogP) is 5.15. The van der Waals surface area contributed by atoms with Crippen molar-refractivity contribution >= 4 is 33.3 Å². The lowest BCUT2D eigenvalue weighted by Gasteiger charge is -2.16. The van der Waals surface area contributed by atoms with Gasteiger partial charge in [-0.05, 0) is 53.9 Å². The number of allylic oxidation sites excluding steroid dienone is 1. The molecule has 0 saturated heterocycles. The molecule has 0 unspecified atom stereocenters. The lowest BCUT2D eigenvalue weighted by Crippen LogP contribution is -2.15. The maximum atomic E-state index is 13.0. The summed E-state index contributed by atoms with van der Waals surface area (Å²) in [5.41, 5.74) is 1.71. The Bertz CT molecular complexity index is 1210. The summed E-state index contributed by atoms with van der Waals surface area (Å²) in [7, 11) is -3.91. The van der Waals surface area contributed by atoms with Crippen LogP contribution in [0.1, 0.15) is 21.5 Å². The molecule has 0 atom stereocenters. The molecule has 0 radical (unpaired) electrons. The minimum atomic E-state index is -3.91. The smallest absolute Gasteiger partial charge is 0.335 e. The van der Waals surface area contributed by atoms with Crippen LogP contribution >= 0.6 is 11.6 Å². The number of benzene rings is 3. The van der Waals surface area contributed by atoms with Crippen LogP contribution in [0.25, 0.3) is 0 Å². The molecule has 2 N–H and O–H groups in total. The van der Waals surface area contributed by atoms with Crippen molar-refractivity contribution in [2.45, 2.75) is 17.9 Å². The Hall–Kier alpha value is -3.29. The number of aromatic carboxylic acids is 1. The first-order valence-corrected chi connectivity index (χ1v) is 11.1. The maximum Gasteiger partial charge on any atom is 0.335 e. The first-order chi connectivity index (χ1) is 14.8. The van der Waals surface area contributed by atoms with Gasteiger partial charge in [0.25, 0.3) is 10.0 Å². The summed E-state index contributed by atoms with van der Waals surface area (Å²) >= 11 is 6.08. The molecule has 0 heterocycles. The summed E-state index contributed by atoms with van der Waals surface area (Å²) in [6.07, 6.45) is 2.04. The number of carboxylic acid groups (broad SMARTS) is 1. The number of halogens is 1. The molecule has 3 aromatic carbocycles. The Morgan fingerprint density at radius 3 is 2.48 bits per heavy atom. The fourth-order valence-electron chi connectivity index (χ4n) is 2.90. The summed E-state index contributed by atoms with van der Waals surface area (Å²) in [6.45, 7) is 3.79. The largest absolute Gasteiger partial charge is 0.487 e. The van der Waals surface area contributed by atoms with E-state index >= 15 is 0 Å². The van der Waals surface area contributed by atoms with E-state index in [0.717, 1.165) is 5.56 Å². The van der Waals surface area contributed by atoms with Gasteiger partial charge in [-0.3, -0.25) is 4.72 Å². The summed E-state index contributed by atoms with van der Waals surface area (Å²) in [6, 6.07) is 17.5. The zero-order valence-corrected chi connectivity index (χ0v) is 18.0. The summed E-state index contributed by atoms with van der Waals surface area (Å²) in [4.78, 5) is 11.1. The van der Waals surface area contributed by atoms with Crippen LogP contribution in [0.5, 0.6) is 5.75 Å². The van der Waals surface area contributed by atoms with E-state index in [4.69, 9.17) is 21.4 Å². The fourth-order valence-corrected chi connectivity index (χ4v) is 4.39. The number of hydrogen-bond acceptors (Lipinski definition) is 4. The number of nitrogens with one attached hydrogen (secondary N) is 1. The van der Waals surface area contributed by atoms with Gasteiger partial charge in [0.05, 0.1) is 16.1 Å². The van der Waals surface area contributed by atoms with E-state index in [9.17, 15) is 13.2 Å². The molecule has 0 bridgehead atoms. The van der Waals surface area contributed by atoms with Crippen LogP contribution in [0.2, 0.25) is 5.02 Å². The van der Waals surface area contributed by atoms with Gasteiger partial charge in [0, 0.05) is 5.02 Å². The van der Waals surface area contributed by atoms with Gasteiger partial charge in [0.15, 0.2) is 0 Å². The lowest BCUT2D eigenvalue weighted by atomic mass is 10.1. The van der Waals surface area contributed by atoms with Gasteiger partial charge in [0.1, 0.15) is 12.4 Å². The normalized spacial score (nSPS) is 11.0. The standard InChI is InChI=1S/C23H20ClNO5S/c1-2-5-17-6-3-4-7-22(17)31(28,29)25-20-14-19(24)12-13-21(20)30-15-16-8-10-18(11-9-16)23(26)27/h2-4,6-14,25H,1,5,15H2,(H,26,27). The van der Waals surface area contributed by atoms with Crippen LogP contribution < -0.4 is 9.46 Å². The minimum Gasteiger partial charge on any atom is -0.487 e. The number of carboxylic acids is 1. The fraction of sp³-hybridized carbons (Fsp3) is 0.0870. The van der Waals surface area contributed by atoms with E-state index in [-0.39, 0.29) is 28.5 Å². The number of anilines is 1. The molecule has 0 aliphatic rings. The SMILES string of the molecule is C=CCc1ccccc1S(=O)(=O)Nc1cc(Cl)ccc1OCc1ccc(C(=O)O)cc1. The monoisotopic (exact) mass is 457 g/mol. The first kappa shape index (κ1) is 22.4. The third kappa shape index (κ3) is 5.65. The highest BCUT2D eigenvalue weighted by Gasteiger charge is 2.20. The molecular formula is C23H20ClNO5S. The van der Waals surface area contributed by atoms with E-state index in [1.807, 2.05) is 0 Å². The molecule has 0 fully saturated rings. The van der Waals surface area contributed by atoms with Crippen LogP contribution in [0, 0.1) is 0 Å². The van der Waals surface area contributed by atoms with E-state index in [0.29, 0.717) is 17.0 Å². The Morgan fingerprint density at radius 2 is 1.81 bits per heavy atom. The van der Waals surface area contributed by atoms with E-state index < -0.39 is 16.0 Å². The third-order valence-electron chi connectivity index (χ3n) is 4.41. The number of hydrogen-bond donors (Lipinski definition) is 2. The molecule has 0 spiro atoms. The van der Waals surface area contributed by atoms with Crippen molar-refractivity contribution in [1.82, 2.24) is 0 Å². The lowest BCUT2D eigenvalue weighted by molar-refractivity contribution is 0.0697. The van der Waals surface area contributed by atoms with Crippen molar-refractivity contribution in [3.8, 4) is 5.75 Å². The van der Waals surface area contributed by atoms with Gasteiger partial charge in [0.2, 0.25) is 0 Å². The average Bonchev–Trinajstić information content (AvgIpc) is 2.74. The zero-order chi connectivity index (χ0) is 22.4. The highest BCUT2D eigenvalue weighted by molar-refractivity contribution is 7.92. The summed E-state index contributed by atoms with van der Waals surface area (Å²) in [5.74, 6) is -0.727. The number of ether oxygens (including phenoxy) is 1. The second-order valence-electron chi connectivity index (χ2n) is 6.64. The van der Waals surface area contributed by atoms with Crippen LogP contribution in [0.15, 0.2) is 84.3 Å². The highest BCUT2D eigenvalue weighted by atomic mass is 35.5. The molecule has 6 nitrogen and oxygen atoms in total. The zero-order valence-electron chi connectivity index (χ0n) is 16.4. The molecule has 3 aromatic rings. The van der Waals surface area contributed by atoms with Crippen LogP contribution in [0.4, 0.5) is 5.69 Å². The summed E-state index contributed by atoms with van der Waals surface area (Å²) < 4.78 is 34.4. The second kappa shape index (κ2) is 9.68. The topological polar surface area (TPSA) is 92.7 Å². The van der Waals surface area contributed by atoms with Crippen LogP contribution in [0.3, 0.4) is 0 Å². The van der Waals surface area contributed by atoms with Crippen LogP contribution in [-0.4, -0.2) is 19.5 Å². The Labute approximate surface area is 185 Å². The molecule has 160 valence electrons. The number of carbonyl (C=O) groups is 1. The summed E-state index contributed by atoms with van der Waals surface area (Å²) in [5, 5.41) is 9.33. The van der Waals surface area contributed by atoms with E-state index in [2.05, 4.69) is 11.3 Å². The van der Waals surface area contributed by atoms with E-state index in [1.54, 1.807) is 48.5 Å². The second-order valence-corrected chi connectivity index (χ2v) is 8.72. The molecule has 8 heteroatoms. The van der Waals surface area contributed by atoms with Gasteiger partial charge in [-0.15, -0.1) is 6.58 Å². The predicted molar refractivity (Wildman–Crippen MR) is 120 cm³/mol. The Balaban J connectivity index is 1.84. The van der Waals surface area contributed by atoms with Gasteiger partial charge < -0.3 is 9.84 Å². The van der Waals surface area contributed by atoms with Crippen molar-refractivity contribution in [1.29, 1.82) is 0 Å². The average molecular weight is 458 g/mol. The van der Waals surface area contributed by atoms with E-state index in [1.165, 1.54) is 24.3 Å². The van der Waals surface area contributed by atoms with Crippen molar-refractivity contribution in [2.75, 3.05) is 4.72 Å². The van der Waals surface area contributed by atoms with Crippen molar-refractivity contribution in [2.24, 2.45) is 0 Å². The molecule has 0 aliphatic carbocycles. The van der Waals surface area contributed by atoms with Gasteiger partial charge in [-0.2, -0.15) is 0 Å². The highest BCUT2D eigenvalue weighted by Crippen LogP contribution is 2.31. The minimum absolute atomic E-state index is 0.114. The molecule has 0 aliphatic heterocycles. The van der Waals surface area contributed by atoms with Crippen molar-refractivity contribution in [3.63, 3.8) is 0 Å². The van der Waals surface area contributed by atoms with Gasteiger partial charge in [-0.1, -0.05) is 48.0 Å². The molecule has 0 aromatic heterocycles. The Morgan fingerprint density at radius 1 is 1.10 bits per heavy atom. The molecule has 0 amide bonds. The van der Waals surface area contributed by atoms with Gasteiger partial charge >= 0.3 is 5.97 Å². The molecular weight excluding hydrogens is 438 g/mol. The molecule has 3 rings (SSSR count). The Kier molecular flexibility index (Phi) is 6.99. The van der Waals surface area contributed by atoms with Crippen LogP contribution in [-0.2, 0) is 23.1 Å². The molecule has 0 saturated carbocycles. The molecule has 31 heavy (non-hydrogen) atoms.